The molecule has 0 saturated heterocycles. The van der Waals surface area contributed by atoms with E-state index in [2.05, 4.69) is 42.3 Å². The molecule has 2 nitrogen and oxygen atoms in total. The maximum Gasteiger partial charge on any atom is 0.0606 e. The van der Waals surface area contributed by atoms with E-state index < -0.39 is 0 Å². The van der Waals surface area contributed by atoms with Crippen molar-refractivity contribution >= 4 is 16.5 Å². The lowest BCUT2D eigenvalue weighted by molar-refractivity contribution is 0.593. The highest BCUT2D eigenvalue weighted by Crippen LogP contribution is 2.21. The molecular weight excluding hydrogens is 196 g/mol. The average Bonchev–Trinajstić information content (AvgIpc) is 2.35. The fourth-order valence-electron chi connectivity index (χ4n) is 1.69. The Morgan fingerprint density at radius 3 is 2.88 bits per heavy atom. The van der Waals surface area contributed by atoms with Crippen LogP contribution < -0.4 is 5.32 Å². The summed E-state index contributed by atoms with van der Waals surface area (Å²) < 4.78 is 0. The van der Waals surface area contributed by atoms with E-state index >= 15 is 0 Å². The fourth-order valence-corrected chi connectivity index (χ4v) is 1.69. The van der Waals surface area contributed by atoms with Crippen LogP contribution in [-0.4, -0.2) is 11.5 Å². The number of hydrogen-bond donors (Lipinski definition) is 1. The maximum absolute atomic E-state index is 4.25. The summed E-state index contributed by atoms with van der Waals surface area (Å²) in [4.78, 5) is 4.25. The minimum absolute atomic E-state index is 0.693. The number of benzene rings is 1. The summed E-state index contributed by atoms with van der Waals surface area (Å²) in [6.45, 7) is 5.48. The zero-order chi connectivity index (χ0) is 11.4. The topological polar surface area (TPSA) is 24.9 Å². The molecule has 16 heavy (non-hydrogen) atoms. The Labute approximate surface area is 96.7 Å². The SMILES string of the molecule is CCC(C)CNc1cncc2ccccc12. The third-order valence-electron chi connectivity index (χ3n) is 3.01. The van der Waals surface area contributed by atoms with E-state index in [-0.39, 0.29) is 0 Å². The number of nitrogens with zero attached hydrogens (tertiary/aromatic N) is 1. The molecule has 1 atom stereocenters. The highest BCUT2D eigenvalue weighted by Gasteiger charge is 2.02. The van der Waals surface area contributed by atoms with E-state index in [1.54, 1.807) is 0 Å². The molecule has 2 aromatic rings. The van der Waals surface area contributed by atoms with Gasteiger partial charge in [0.05, 0.1) is 11.9 Å². The third-order valence-corrected chi connectivity index (χ3v) is 3.01. The summed E-state index contributed by atoms with van der Waals surface area (Å²) in [5.41, 5.74) is 1.14. The lowest BCUT2D eigenvalue weighted by Crippen LogP contribution is -2.10. The van der Waals surface area contributed by atoms with Gasteiger partial charge in [-0.2, -0.15) is 0 Å². The van der Waals surface area contributed by atoms with Crippen molar-refractivity contribution in [3.8, 4) is 0 Å². The predicted octanol–water partition coefficient (Wildman–Crippen LogP) is 3.69. The van der Waals surface area contributed by atoms with Crippen LogP contribution in [0.2, 0.25) is 0 Å². The van der Waals surface area contributed by atoms with E-state index in [0.29, 0.717) is 5.92 Å². The lowest BCUT2D eigenvalue weighted by Gasteiger charge is -2.12. The molecule has 0 saturated carbocycles. The van der Waals surface area contributed by atoms with Crippen molar-refractivity contribution in [2.45, 2.75) is 20.3 Å². The number of anilines is 1. The molecule has 1 heterocycles. The van der Waals surface area contributed by atoms with Gasteiger partial charge >= 0.3 is 0 Å². The summed E-state index contributed by atoms with van der Waals surface area (Å²) in [6.07, 6.45) is 5.01. The Balaban J connectivity index is 2.23. The second-order valence-corrected chi connectivity index (χ2v) is 4.30. The van der Waals surface area contributed by atoms with Gasteiger partial charge in [0.25, 0.3) is 0 Å². The summed E-state index contributed by atoms with van der Waals surface area (Å²) in [5.74, 6) is 0.693. The summed E-state index contributed by atoms with van der Waals surface area (Å²) >= 11 is 0. The monoisotopic (exact) mass is 214 g/mol. The molecule has 1 unspecified atom stereocenters. The van der Waals surface area contributed by atoms with Crippen molar-refractivity contribution in [2.75, 3.05) is 11.9 Å². The Morgan fingerprint density at radius 1 is 1.25 bits per heavy atom. The van der Waals surface area contributed by atoms with E-state index in [9.17, 15) is 0 Å². The number of fused-ring (bicyclic) bond motifs is 1. The van der Waals surface area contributed by atoms with Gasteiger partial charge in [-0.05, 0) is 5.92 Å². The van der Waals surface area contributed by atoms with E-state index in [0.717, 1.165) is 12.2 Å². The normalized spacial score (nSPS) is 12.6. The van der Waals surface area contributed by atoms with Crippen LogP contribution in [0.4, 0.5) is 5.69 Å². The van der Waals surface area contributed by atoms with Gasteiger partial charge in [-0.1, -0.05) is 44.5 Å². The Kier molecular flexibility index (Phi) is 3.40. The zero-order valence-electron chi connectivity index (χ0n) is 9.90. The van der Waals surface area contributed by atoms with Gasteiger partial charge in [-0.3, -0.25) is 4.98 Å². The first-order valence-electron chi connectivity index (χ1n) is 5.88. The van der Waals surface area contributed by atoms with Crippen LogP contribution >= 0.6 is 0 Å². The highest BCUT2D eigenvalue weighted by atomic mass is 14.9. The first-order valence-corrected chi connectivity index (χ1v) is 5.88. The van der Waals surface area contributed by atoms with Crippen molar-refractivity contribution in [3.05, 3.63) is 36.7 Å². The Hall–Kier alpha value is -1.57. The number of pyridine rings is 1. The van der Waals surface area contributed by atoms with Crippen LogP contribution in [0.5, 0.6) is 0 Å². The molecule has 0 spiro atoms. The van der Waals surface area contributed by atoms with Gasteiger partial charge in [-0.25, -0.2) is 0 Å². The van der Waals surface area contributed by atoms with Crippen LogP contribution in [0, 0.1) is 5.92 Å². The minimum Gasteiger partial charge on any atom is -0.383 e. The molecule has 0 fully saturated rings. The molecule has 1 aromatic heterocycles. The maximum atomic E-state index is 4.25. The smallest absolute Gasteiger partial charge is 0.0606 e. The van der Waals surface area contributed by atoms with Gasteiger partial charge in [0.15, 0.2) is 0 Å². The summed E-state index contributed by atoms with van der Waals surface area (Å²) in [6, 6.07) is 8.34. The molecule has 0 aliphatic heterocycles. The van der Waals surface area contributed by atoms with Crippen LogP contribution in [-0.2, 0) is 0 Å². The number of aromatic nitrogens is 1. The molecule has 1 N–H and O–H groups in total. The Morgan fingerprint density at radius 2 is 2.06 bits per heavy atom. The highest BCUT2D eigenvalue weighted by molar-refractivity contribution is 5.92. The van der Waals surface area contributed by atoms with Crippen LogP contribution in [0.1, 0.15) is 20.3 Å². The van der Waals surface area contributed by atoms with Gasteiger partial charge in [0.1, 0.15) is 0 Å². The second-order valence-electron chi connectivity index (χ2n) is 4.30. The van der Waals surface area contributed by atoms with Gasteiger partial charge in [-0.15, -0.1) is 0 Å². The molecular formula is C14H18N2. The molecule has 84 valence electrons. The molecule has 2 rings (SSSR count). The van der Waals surface area contributed by atoms with E-state index in [1.807, 2.05) is 18.5 Å². The van der Waals surface area contributed by atoms with Gasteiger partial charge in [0, 0.05) is 23.5 Å². The number of rotatable bonds is 4. The van der Waals surface area contributed by atoms with Crippen molar-refractivity contribution in [2.24, 2.45) is 5.92 Å². The number of hydrogen-bond acceptors (Lipinski definition) is 2. The Bertz CT molecular complexity index is 460. The molecule has 0 aliphatic carbocycles. The average molecular weight is 214 g/mol. The minimum atomic E-state index is 0.693. The van der Waals surface area contributed by atoms with Crippen molar-refractivity contribution in [3.63, 3.8) is 0 Å². The molecule has 1 aromatic carbocycles. The van der Waals surface area contributed by atoms with Crippen molar-refractivity contribution in [1.29, 1.82) is 0 Å². The molecule has 0 amide bonds. The number of nitrogens with one attached hydrogen (secondary N) is 1. The van der Waals surface area contributed by atoms with Crippen molar-refractivity contribution < 1.29 is 0 Å². The van der Waals surface area contributed by atoms with E-state index in [4.69, 9.17) is 0 Å². The second kappa shape index (κ2) is 4.97. The fraction of sp³-hybridized carbons (Fsp3) is 0.357. The molecule has 0 aliphatic rings. The molecule has 0 radical (unpaired) electrons. The zero-order valence-corrected chi connectivity index (χ0v) is 9.90. The quantitative estimate of drug-likeness (QED) is 0.839. The lowest BCUT2D eigenvalue weighted by atomic mass is 10.1. The van der Waals surface area contributed by atoms with Crippen LogP contribution in [0.15, 0.2) is 36.7 Å². The predicted molar refractivity (Wildman–Crippen MR) is 69.7 cm³/mol. The van der Waals surface area contributed by atoms with Gasteiger partial charge in [0.2, 0.25) is 0 Å². The third kappa shape index (κ3) is 2.32. The first-order chi connectivity index (χ1) is 7.81. The summed E-state index contributed by atoms with van der Waals surface area (Å²) in [5, 5.41) is 5.92. The first kappa shape index (κ1) is 10.9. The van der Waals surface area contributed by atoms with Crippen LogP contribution in [0.25, 0.3) is 10.8 Å². The van der Waals surface area contributed by atoms with Crippen molar-refractivity contribution in [1.82, 2.24) is 4.98 Å². The van der Waals surface area contributed by atoms with Crippen LogP contribution in [0.3, 0.4) is 0 Å². The molecule has 2 heteroatoms. The van der Waals surface area contributed by atoms with Gasteiger partial charge < -0.3 is 5.32 Å². The molecule has 0 bridgehead atoms. The summed E-state index contributed by atoms with van der Waals surface area (Å²) in [7, 11) is 0. The largest absolute Gasteiger partial charge is 0.383 e. The van der Waals surface area contributed by atoms with E-state index in [1.165, 1.54) is 17.2 Å². The standard InChI is InChI=1S/C14H18N2/c1-3-11(2)8-16-14-10-15-9-12-6-4-5-7-13(12)14/h4-7,9-11,16H,3,8H2,1-2H3.